The van der Waals surface area contributed by atoms with Crippen LogP contribution < -0.4 is 14.8 Å². The van der Waals surface area contributed by atoms with Gasteiger partial charge in [-0.15, -0.1) is 0 Å². The molecule has 4 rings (SSSR count). The topological polar surface area (TPSA) is 60.7 Å². The molecule has 0 saturated heterocycles. The van der Waals surface area contributed by atoms with Crippen molar-refractivity contribution < 1.29 is 18.7 Å². The van der Waals surface area contributed by atoms with Gasteiger partial charge in [-0.25, -0.2) is 0 Å². The summed E-state index contributed by atoms with van der Waals surface area (Å²) in [7, 11) is 1.66. The van der Waals surface area contributed by atoms with Crippen LogP contribution in [0.5, 0.6) is 11.5 Å². The zero-order valence-corrected chi connectivity index (χ0v) is 20.7. The average Bonchev–Trinajstić information content (AvgIpc) is 3.10. The van der Waals surface area contributed by atoms with Crippen molar-refractivity contribution in [1.29, 1.82) is 0 Å². The van der Waals surface area contributed by atoms with Crippen LogP contribution in [0.15, 0.2) is 47.1 Å². The summed E-state index contributed by atoms with van der Waals surface area (Å²) in [6.07, 6.45) is 10.5. The third-order valence-electron chi connectivity index (χ3n) is 6.69. The molecule has 0 atom stereocenters. The van der Waals surface area contributed by atoms with Crippen molar-refractivity contribution in [1.82, 2.24) is 5.32 Å². The number of fused-ring (bicyclic) bond motifs is 1. The van der Waals surface area contributed by atoms with Gasteiger partial charge in [-0.3, -0.25) is 4.79 Å². The Morgan fingerprint density at radius 2 is 1.94 bits per heavy atom. The molecule has 3 aromatic rings. The van der Waals surface area contributed by atoms with Crippen molar-refractivity contribution >= 4 is 22.4 Å². The van der Waals surface area contributed by atoms with E-state index in [4.69, 9.17) is 13.9 Å². The summed E-state index contributed by atoms with van der Waals surface area (Å²) in [5, 5.41) is 4.21. The second kappa shape index (κ2) is 10.8. The van der Waals surface area contributed by atoms with E-state index in [1.807, 2.05) is 45.0 Å². The van der Waals surface area contributed by atoms with Gasteiger partial charge in [0.15, 0.2) is 0 Å². The number of aryl methyl sites for hydroxylation is 1. The summed E-state index contributed by atoms with van der Waals surface area (Å²) in [4.78, 5) is 12.9. The van der Waals surface area contributed by atoms with Crippen LogP contribution in [0, 0.1) is 6.92 Å². The van der Waals surface area contributed by atoms with Crippen LogP contribution in [-0.2, 0) is 4.79 Å². The number of allylic oxidation sites excluding steroid dienone is 1. The van der Waals surface area contributed by atoms with E-state index in [9.17, 15) is 4.79 Å². The number of methoxy groups -OCH3 is 1. The Kier molecular flexibility index (Phi) is 7.61. The van der Waals surface area contributed by atoms with Crippen LogP contribution in [-0.4, -0.2) is 25.7 Å². The van der Waals surface area contributed by atoms with Gasteiger partial charge >= 0.3 is 0 Å². The lowest BCUT2D eigenvalue weighted by Crippen LogP contribution is -2.33. The molecular weight excluding hydrogens is 426 g/mol. The van der Waals surface area contributed by atoms with Gasteiger partial charge in [0.05, 0.1) is 20.0 Å². The molecule has 0 spiro atoms. The lowest BCUT2D eigenvalue weighted by molar-refractivity contribution is -0.117. The zero-order valence-electron chi connectivity index (χ0n) is 20.7. The second-order valence-corrected chi connectivity index (χ2v) is 9.09. The SMILES string of the molecule is CCOc1c(/C(C)=C/C(=O)NC2CCCCCC2)cc2c(-c3cccc(OC)c3)coc2c1C. The standard InChI is InChI=1S/C29H35NO4/c1-5-33-28-20(3)29-25(26(18-34-29)21-11-10-14-23(16-21)32-4)17-24(28)19(2)15-27(31)30-22-12-8-6-7-9-13-22/h10-11,14-18,22H,5-9,12-13H2,1-4H3,(H,30,31)/b19-15+. The summed E-state index contributed by atoms with van der Waals surface area (Å²) < 4.78 is 17.5. The maximum absolute atomic E-state index is 12.9. The van der Waals surface area contributed by atoms with Gasteiger partial charge in [0.1, 0.15) is 17.1 Å². The van der Waals surface area contributed by atoms with Gasteiger partial charge < -0.3 is 19.2 Å². The van der Waals surface area contributed by atoms with Gasteiger partial charge in [-0.2, -0.15) is 0 Å². The Bertz CT molecular complexity index is 1180. The fourth-order valence-electron chi connectivity index (χ4n) is 4.89. The van der Waals surface area contributed by atoms with Gasteiger partial charge in [-0.1, -0.05) is 37.8 Å². The van der Waals surface area contributed by atoms with E-state index in [0.717, 1.165) is 63.1 Å². The summed E-state index contributed by atoms with van der Waals surface area (Å²) in [5.41, 5.74) is 5.50. The normalized spacial score (nSPS) is 15.2. The van der Waals surface area contributed by atoms with Crippen LogP contribution in [0.25, 0.3) is 27.7 Å². The number of ether oxygens (including phenoxy) is 2. The molecule has 5 nitrogen and oxygen atoms in total. The number of hydrogen-bond acceptors (Lipinski definition) is 4. The van der Waals surface area contributed by atoms with Crippen LogP contribution in [0.3, 0.4) is 0 Å². The van der Waals surface area contributed by atoms with Crippen LogP contribution in [0.4, 0.5) is 0 Å². The first-order valence-electron chi connectivity index (χ1n) is 12.3. The minimum Gasteiger partial charge on any atom is -0.497 e. The van der Waals surface area contributed by atoms with E-state index in [-0.39, 0.29) is 11.9 Å². The number of nitrogens with one attached hydrogen (secondary N) is 1. The number of rotatable bonds is 7. The monoisotopic (exact) mass is 461 g/mol. The highest BCUT2D eigenvalue weighted by atomic mass is 16.5. The summed E-state index contributed by atoms with van der Waals surface area (Å²) in [6, 6.07) is 10.3. The maximum Gasteiger partial charge on any atom is 0.244 e. The van der Waals surface area contributed by atoms with Gasteiger partial charge in [-0.05, 0) is 62.9 Å². The highest BCUT2D eigenvalue weighted by molar-refractivity contribution is 6.01. The van der Waals surface area contributed by atoms with Crippen LogP contribution >= 0.6 is 0 Å². The van der Waals surface area contributed by atoms with Gasteiger partial charge in [0.2, 0.25) is 5.91 Å². The fraction of sp³-hybridized carbons (Fsp3) is 0.414. The van der Waals surface area contributed by atoms with Crippen LogP contribution in [0.1, 0.15) is 63.5 Å². The zero-order chi connectivity index (χ0) is 24.1. The van der Waals surface area contributed by atoms with Crippen molar-refractivity contribution in [3.63, 3.8) is 0 Å². The third-order valence-corrected chi connectivity index (χ3v) is 6.69. The fourth-order valence-corrected chi connectivity index (χ4v) is 4.89. The smallest absolute Gasteiger partial charge is 0.244 e. The maximum atomic E-state index is 12.9. The lowest BCUT2D eigenvalue weighted by Gasteiger charge is -2.17. The predicted octanol–water partition coefficient (Wildman–Crippen LogP) is 7.06. The number of amides is 1. The van der Waals surface area contributed by atoms with Crippen LogP contribution in [0.2, 0.25) is 0 Å². The number of carbonyl (C=O) groups is 1. The van der Waals surface area contributed by atoms with Gasteiger partial charge in [0, 0.05) is 34.2 Å². The van der Waals surface area contributed by atoms with Crippen molar-refractivity contribution in [3.8, 4) is 22.6 Å². The highest BCUT2D eigenvalue weighted by Crippen LogP contribution is 2.41. The first kappa shape index (κ1) is 23.9. The predicted molar refractivity (Wildman–Crippen MR) is 137 cm³/mol. The molecule has 1 aromatic heterocycles. The van der Waals surface area contributed by atoms with E-state index in [1.54, 1.807) is 19.4 Å². The Labute approximate surface area is 202 Å². The van der Waals surface area contributed by atoms with E-state index >= 15 is 0 Å². The lowest BCUT2D eigenvalue weighted by atomic mass is 9.96. The molecule has 1 heterocycles. The molecule has 0 radical (unpaired) electrons. The molecule has 1 aliphatic carbocycles. The summed E-state index contributed by atoms with van der Waals surface area (Å²) in [5.74, 6) is 1.52. The molecule has 1 aliphatic rings. The molecule has 34 heavy (non-hydrogen) atoms. The number of furan rings is 1. The average molecular weight is 462 g/mol. The third kappa shape index (κ3) is 5.14. The van der Waals surface area contributed by atoms with E-state index < -0.39 is 0 Å². The number of carbonyl (C=O) groups excluding carboxylic acids is 1. The van der Waals surface area contributed by atoms with Crippen molar-refractivity contribution in [2.24, 2.45) is 0 Å². The van der Waals surface area contributed by atoms with E-state index in [2.05, 4.69) is 11.4 Å². The highest BCUT2D eigenvalue weighted by Gasteiger charge is 2.20. The van der Waals surface area contributed by atoms with E-state index in [1.165, 1.54) is 25.7 Å². The molecule has 1 N–H and O–H groups in total. The molecule has 0 unspecified atom stereocenters. The Hall–Kier alpha value is -3.21. The van der Waals surface area contributed by atoms with Crippen molar-refractivity contribution in [3.05, 3.63) is 53.8 Å². The first-order valence-corrected chi connectivity index (χ1v) is 12.3. The minimum absolute atomic E-state index is 0.0372. The Balaban J connectivity index is 1.73. The molecule has 0 aliphatic heterocycles. The number of hydrogen-bond donors (Lipinski definition) is 1. The molecule has 0 bridgehead atoms. The summed E-state index contributed by atoms with van der Waals surface area (Å²) in [6.45, 7) is 6.48. The Morgan fingerprint density at radius 1 is 1.18 bits per heavy atom. The second-order valence-electron chi connectivity index (χ2n) is 9.09. The molecule has 1 saturated carbocycles. The van der Waals surface area contributed by atoms with Crippen molar-refractivity contribution in [2.75, 3.05) is 13.7 Å². The van der Waals surface area contributed by atoms with Crippen molar-refractivity contribution in [2.45, 2.75) is 65.3 Å². The molecule has 180 valence electrons. The summed E-state index contributed by atoms with van der Waals surface area (Å²) >= 11 is 0. The Morgan fingerprint density at radius 3 is 2.65 bits per heavy atom. The van der Waals surface area contributed by atoms with E-state index in [0.29, 0.717) is 6.61 Å². The molecule has 5 heteroatoms. The quantitative estimate of drug-likeness (QED) is 0.302. The number of benzene rings is 2. The molecule has 1 amide bonds. The molecular formula is C29H35NO4. The first-order chi connectivity index (χ1) is 16.5. The molecule has 1 fully saturated rings. The molecule has 2 aromatic carbocycles. The largest absolute Gasteiger partial charge is 0.497 e. The van der Waals surface area contributed by atoms with Gasteiger partial charge in [0.25, 0.3) is 0 Å². The minimum atomic E-state index is -0.0372.